The van der Waals surface area contributed by atoms with Gasteiger partial charge in [0.2, 0.25) is 0 Å². The summed E-state index contributed by atoms with van der Waals surface area (Å²) < 4.78 is 0. The molecular weight excluding hydrogens is 158 g/mol. The fourth-order valence-electron chi connectivity index (χ4n) is 2.24. The highest BCUT2D eigenvalue weighted by molar-refractivity contribution is 4.81. The molecule has 1 heteroatoms. The first kappa shape index (κ1) is 10.8. The van der Waals surface area contributed by atoms with Gasteiger partial charge in [-0.05, 0) is 58.4 Å². The Morgan fingerprint density at radius 1 is 1.23 bits per heavy atom. The van der Waals surface area contributed by atoms with Crippen molar-refractivity contribution in [2.45, 2.75) is 51.5 Å². The maximum Gasteiger partial charge on any atom is 0.00642 e. The lowest BCUT2D eigenvalue weighted by atomic mass is 9.83. The molecule has 0 aliphatic heterocycles. The summed E-state index contributed by atoms with van der Waals surface area (Å²) in [6, 6.07) is 0.804. The van der Waals surface area contributed by atoms with Crippen LogP contribution in [0.2, 0.25) is 0 Å². The summed E-state index contributed by atoms with van der Waals surface area (Å²) in [6.45, 7) is 2.11. The van der Waals surface area contributed by atoms with Crippen LogP contribution in [0.5, 0.6) is 0 Å². The molecule has 0 heterocycles. The lowest BCUT2D eigenvalue weighted by Gasteiger charge is -2.27. The molecular formula is C12H23N. The van der Waals surface area contributed by atoms with Gasteiger partial charge in [-0.25, -0.2) is 0 Å². The van der Waals surface area contributed by atoms with Crippen molar-refractivity contribution < 1.29 is 0 Å². The summed E-state index contributed by atoms with van der Waals surface area (Å²) in [5, 5.41) is 3.38. The van der Waals surface area contributed by atoms with Gasteiger partial charge in [-0.15, -0.1) is 0 Å². The molecule has 0 aromatic heterocycles. The molecule has 76 valence electrons. The zero-order chi connectivity index (χ0) is 9.52. The Labute approximate surface area is 82.6 Å². The average Bonchev–Trinajstić information content (AvgIpc) is 2.19. The molecule has 0 amide bonds. The summed E-state index contributed by atoms with van der Waals surface area (Å²) in [5.74, 6) is 1.00. The van der Waals surface area contributed by atoms with Gasteiger partial charge in [0.1, 0.15) is 0 Å². The lowest BCUT2D eigenvalue weighted by molar-refractivity contribution is 0.290. The molecule has 1 aliphatic rings. The van der Waals surface area contributed by atoms with Gasteiger partial charge in [-0.2, -0.15) is 0 Å². The molecule has 0 aromatic rings. The first-order chi connectivity index (χ1) is 6.36. The van der Waals surface area contributed by atoms with Crippen molar-refractivity contribution in [1.82, 2.24) is 5.32 Å². The van der Waals surface area contributed by atoms with E-state index in [0.29, 0.717) is 0 Å². The van der Waals surface area contributed by atoms with Gasteiger partial charge >= 0.3 is 0 Å². The summed E-state index contributed by atoms with van der Waals surface area (Å²) in [6.07, 6.45) is 12.8. The monoisotopic (exact) mass is 181 g/mol. The smallest absolute Gasteiger partial charge is 0.00642 e. The van der Waals surface area contributed by atoms with E-state index in [1.807, 2.05) is 0 Å². The predicted molar refractivity (Wildman–Crippen MR) is 58.9 cm³/mol. The van der Waals surface area contributed by atoms with Crippen LogP contribution < -0.4 is 5.32 Å². The van der Waals surface area contributed by atoms with Crippen molar-refractivity contribution >= 4 is 0 Å². The summed E-state index contributed by atoms with van der Waals surface area (Å²) in [7, 11) is 2.09. The van der Waals surface area contributed by atoms with Crippen molar-refractivity contribution in [3.63, 3.8) is 0 Å². The van der Waals surface area contributed by atoms with Crippen LogP contribution in [0.4, 0.5) is 0 Å². The molecule has 1 saturated carbocycles. The highest BCUT2D eigenvalue weighted by atomic mass is 14.9. The number of nitrogens with one attached hydrogen (secondary N) is 1. The minimum absolute atomic E-state index is 0.804. The Morgan fingerprint density at radius 2 is 1.92 bits per heavy atom. The minimum Gasteiger partial charge on any atom is -0.317 e. The maximum atomic E-state index is 3.38. The Morgan fingerprint density at radius 3 is 2.46 bits per heavy atom. The van der Waals surface area contributed by atoms with Crippen LogP contribution in [-0.4, -0.2) is 13.1 Å². The molecule has 0 radical (unpaired) electrons. The third kappa shape index (κ3) is 3.95. The lowest BCUT2D eigenvalue weighted by Crippen LogP contribution is -2.30. The normalized spacial score (nSPS) is 29.7. The fourth-order valence-corrected chi connectivity index (χ4v) is 2.24. The molecule has 0 atom stereocenters. The quantitative estimate of drug-likeness (QED) is 0.657. The first-order valence-corrected chi connectivity index (χ1v) is 5.65. The van der Waals surface area contributed by atoms with Crippen LogP contribution in [0.25, 0.3) is 0 Å². The average molecular weight is 181 g/mol. The predicted octanol–water partition coefficient (Wildman–Crippen LogP) is 3.12. The van der Waals surface area contributed by atoms with Gasteiger partial charge in [0.25, 0.3) is 0 Å². The number of allylic oxidation sites excluding steroid dienone is 2. The van der Waals surface area contributed by atoms with E-state index >= 15 is 0 Å². The van der Waals surface area contributed by atoms with Gasteiger partial charge in [-0.3, -0.25) is 0 Å². The molecule has 0 bridgehead atoms. The van der Waals surface area contributed by atoms with E-state index < -0.39 is 0 Å². The van der Waals surface area contributed by atoms with Crippen LogP contribution in [0.1, 0.15) is 45.4 Å². The molecule has 0 saturated heterocycles. The summed E-state index contributed by atoms with van der Waals surface area (Å²) >= 11 is 0. The van der Waals surface area contributed by atoms with E-state index in [2.05, 4.69) is 31.4 Å². The van der Waals surface area contributed by atoms with Crippen LogP contribution in [0.15, 0.2) is 12.2 Å². The zero-order valence-electron chi connectivity index (χ0n) is 9.05. The van der Waals surface area contributed by atoms with Crippen LogP contribution in [-0.2, 0) is 0 Å². The van der Waals surface area contributed by atoms with Crippen molar-refractivity contribution in [3.8, 4) is 0 Å². The van der Waals surface area contributed by atoms with E-state index in [-0.39, 0.29) is 0 Å². The summed E-state index contributed by atoms with van der Waals surface area (Å²) in [5.41, 5.74) is 0. The third-order valence-corrected chi connectivity index (χ3v) is 3.23. The van der Waals surface area contributed by atoms with E-state index in [1.54, 1.807) is 0 Å². The molecule has 1 N–H and O–H groups in total. The highest BCUT2D eigenvalue weighted by Gasteiger charge is 2.18. The van der Waals surface area contributed by atoms with E-state index in [9.17, 15) is 0 Å². The molecule has 0 unspecified atom stereocenters. The van der Waals surface area contributed by atoms with Crippen molar-refractivity contribution in [2.24, 2.45) is 5.92 Å². The van der Waals surface area contributed by atoms with Crippen LogP contribution in [0, 0.1) is 5.92 Å². The minimum atomic E-state index is 0.804. The third-order valence-electron chi connectivity index (χ3n) is 3.23. The Bertz CT molecular complexity index is 143. The van der Waals surface area contributed by atoms with Crippen molar-refractivity contribution in [3.05, 3.63) is 12.2 Å². The van der Waals surface area contributed by atoms with Crippen LogP contribution in [0.3, 0.4) is 0 Å². The standard InChI is InChI=1S/C12H23N/c1-3-4-5-6-11-7-9-12(13-2)10-8-11/h3-4,11-13H,5-10H2,1-2H3/b4-3+. The zero-order valence-corrected chi connectivity index (χ0v) is 9.05. The van der Waals surface area contributed by atoms with Crippen molar-refractivity contribution in [1.29, 1.82) is 0 Å². The largest absolute Gasteiger partial charge is 0.317 e. The molecule has 1 nitrogen and oxygen atoms in total. The molecule has 1 aliphatic carbocycles. The molecule has 1 fully saturated rings. The van der Waals surface area contributed by atoms with Gasteiger partial charge in [0.05, 0.1) is 0 Å². The Kier molecular flexibility index (Phi) is 5.14. The van der Waals surface area contributed by atoms with Gasteiger partial charge in [0, 0.05) is 6.04 Å². The summed E-state index contributed by atoms with van der Waals surface area (Å²) in [4.78, 5) is 0. The molecule has 0 aromatic carbocycles. The van der Waals surface area contributed by atoms with Gasteiger partial charge < -0.3 is 5.32 Å². The van der Waals surface area contributed by atoms with E-state index in [1.165, 1.54) is 38.5 Å². The van der Waals surface area contributed by atoms with Crippen LogP contribution >= 0.6 is 0 Å². The second-order valence-corrected chi connectivity index (χ2v) is 4.15. The number of hydrogen-bond donors (Lipinski definition) is 1. The molecule has 0 spiro atoms. The SMILES string of the molecule is C/C=C/CCC1CCC(NC)CC1. The molecule has 1 rings (SSSR count). The van der Waals surface area contributed by atoms with E-state index in [0.717, 1.165) is 12.0 Å². The maximum absolute atomic E-state index is 3.38. The molecule has 13 heavy (non-hydrogen) atoms. The number of rotatable bonds is 4. The van der Waals surface area contributed by atoms with E-state index in [4.69, 9.17) is 0 Å². The topological polar surface area (TPSA) is 12.0 Å². The second kappa shape index (κ2) is 6.20. The Hall–Kier alpha value is -0.300. The highest BCUT2D eigenvalue weighted by Crippen LogP contribution is 2.27. The van der Waals surface area contributed by atoms with Gasteiger partial charge in [-0.1, -0.05) is 12.2 Å². The number of hydrogen-bond acceptors (Lipinski definition) is 1. The van der Waals surface area contributed by atoms with Gasteiger partial charge in [0.15, 0.2) is 0 Å². The van der Waals surface area contributed by atoms with Crippen molar-refractivity contribution in [2.75, 3.05) is 7.05 Å². The second-order valence-electron chi connectivity index (χ2n) is 4.15. The first-order valence-electron chi connectivity index (χ1n) is 5.65. The fraction of sp³-hybridized carbons (Fsp3) is 0.833. The Balaban J connectivity index is 2.10.